The lowest BCUT2D eigenvalue weighted by Crippen LogP contribution is -2.44. The number of hydrogen-bond acceptors (Lipinski definition) is 8. The fourth-order valence-corrected chi connectivity index (χ4v) is 3.83. The second kappa shape index (κ2) is 7.06. The minimum Gasteiger partial charge on any atom is -0.466 e. The second-order valence-corrected chi connectivity index (χ2v) is 6.92. The number of H-pyrrole nitrogens is 1. The third-order valence-corrected chi connectivity index (χ3v) is 5.04. The lowest BCUT2D eigenvalue weighted by molar-refractivity contribution is -0.152. The summed E-state index contributed by atoms with van der Waals surface area (Å²) in [7, 11) is 0. The number of nitrogen functional groups attached to an aromatic ring is 1. The first-order valence-electron chi connectivity index (χ1n) is 7.98. The van der Waals surface area contributed by atoms with E-state index in [1.807, 2.05) is 0 Å². The lowest BCUT2D eigenvalue weighted by Gasteiger charge is -2.44. The van der Waals surface area contributed by atoms with E-state index in [4.69, 9.17) is 15.2 Å². The molecule has 2 heterocycles. The largest absolute Gasteiger partial charge is 0.466 e. The van der Waals surface area contributed by atoms with E-state index in [1.54, 1.807) is 4.57 Å². The Bertz CT molecular complexity index is 923. The van der Waals surface area contributed by atoms with Gasteiger partial charge in [0.1, 0.15) is 0 Å². The molecular weight excluding hydrogens is 410 g/mol. The summed E-state index contributed by atoms with van der Waals surface area (Å²) >= 11 is 3.36. The van der Waals surface area contributed by atoms with Gasteiger partial charge in [0, 0.05) is 31.7 Å². The van der Waals surface area contributed by atoms with Gasteiger partial charge in [-0.2, -0.15) is 4.98 Å². The molecule has 2 aromatic rings. The molecule has 1 fully saturated rings. The first-order chi connectivity index (χ1) is 12.3. The molecule has 10 nitrogen and oxygen atoms in total. The van der Waals surface area contributed by atoms with Gasteiger partial charge in [-0.05, 0) is 22.4 Å². The van der Waals surface area contributed by atoms with Crippen LogP contribution in [0.3, 0.4) is 0 Å². The maximum atomic E-state index is 12.0. The van der Waals surface area contributed by atoms with Crippen LogP contribution in [0.2, 0.25) is 0 Å². The van der Waals surface area contributed by atoms with Gasteiger partial charge in [0.2, 0.25) is 5.95 Å². The molecule has 3 N–H and O–H groups in total. The third-order valence-electron chi connectivity index (χ3n) is 4.48. The zero-order chi connectivity index (χ0) is 19.0. The van der Waals surface area contributed by atoms with Crippen molar-refractivity contribution in [3.8, 4) is 0 Å². The zero-order valence-electron chi connectivity index (χ0n) is 14.2. The number of nitrogens with one attached hydrogen (secondary N) is 1. The molecule has 3 unspecified atom stereocenters. The Hall–Kier alpha value is -2.43. The average Bonchev–Trinajstić information content (AvgIpc) is 2.83. The number of imidazole rings is 1. The number of anilines is 1. The minimum absolute atomic E-state index is 0.0107. The van der Waals surface area contributed by atoms with Gasteiger partial charge in [-0.3, -0.25) is 23.9 Å². The van der Waals surface area contributed by atoms with Gasteiger partial charge in [0.15, 0.2) is 15.9 Å². The van der Waals surface area contributed by atoms with E-state index in [2.05, 4.69) is 30.9 Å². The van der Waals surface area contributed by atoms with Gasteiger partial charge in [0.25, 0.3) is 5.56 Å². The molecule has 26 heavy (non-hydrogen) atoms. The maximum Gasteiger partial charge on any atom is 0.302 e. The van der Waals surface area contributed by atoms with Gasteiger partial charge in [-0.25, -0.2) is 4.98 Å². The summed E-state index contributed by atoms with van der Waals surface area (Å²) in [5.41, 5.74) is 5.74. The summed E-state index contributed by atoms with van der Waals surface area (Å²) < 4.78 is 12.5. The normalized spacial score (nSPS) is 22.0. The number of halogens is 1. The van der Waals surface area contributed by atoms with Gasteiger partial charge < -0.3 is 15.2 Å². The lowest BCUT2D eigenvalue weighted by atomic mass is 9.69. The van der Waals surface area contributed by atoms with Crippen LogP contribution in [-0.2, 0) is 19.1 Å². The van der Waals surface area contributed by atoms with Gasteiger partial charge >= 0.3 is 11.9 Å². The number of carbonyl (C=O) groups excluding carboxylic acids is 2. The van der Waals surface area contributed by atoms with Crippen LogP contribution < -0.4 is 11.3 Å². The van der Waals surface area contributed by atoms with Gasteiger partial charge in [-0.15, -0.1) is 0 Å². The fraction of sp³-hybridized carbons (Fsp3) is 0.533. The number of ether oxygens (including phenoxy) is 2. The molecule has 3 atom stereocenters. The van der Waals surface area contributed by atoms with Crippen molar-refractivity contribution in [3.63, 3.8) is 0 Å². The Balaban J connectivity index is 1.93. The van der Waals surface area contributed by atoms with Crippen molar-refractivity contribution >= 4 is 45.0 Å². The van der Waals surface area contributed by atoms with Crippen molar-refractivity contribution in [1.29, 1.82) is 0 Å². The summed E-state index contributed by atoms with van der Waals surface area (Å²) in [6, 6.07) is -0.136. The molecule has 140 valence electrons. The van der Waals surface area contributed by atoms with Crippen molar-refractivity contribution in [2.45, 2.75) is 26.3 Å². The quantitative estimate of drug-likeness (QED) is 0.525. The second-order valence-electron chi connectivity index (χ2n) is 6.21. The number of aromatic nitrogens is 4. The molecule has 0 amide bonds. The maximum absolute atomic E-state index is 12.0. The topological polar surface area (TPSA) is 142 Å². The molecule has 1 aliphatic carbocycles. The molecule has 0 spiro atoms. The van der Waals surface area contributed by atoms with Gasteiger partial charge in [0.05, 0.1) is 13.2 Å². The number of rotatable bonds is 5. The van der Waals surface area contributed by atoms with Crippen LogP contribution >= 0.6 is 15.9 Å². The van der Waals surface area contributed by atoms with Crippen molar-refractivity contribution in [2.75, 3.05) is 18.9 Å². The Labute approximate surface area is 156 Å². The van der Waals surface area contributed by atoms with Crippen LogP contribution in [0.5, 0.6) is 0 Å². The van der Waals surface area contributed by atoms with Crippen LogP contribution in [-0.4, -0.2) is 44.7 Å². The van der Waals surface area contributed by atoms with E-state index >= 15 is 0 Å². The summed E-state index contributed by atoms with van der Waals surface area (Å²) in [5, 5.41) is 0. The number of nitrogens with zero attached hydrogens (tertiary/aromatic N) is 3. The van der Waals surface area contributed by atoms with Crippen LogP contribution in [0.1, 0.15) is 26.3 Å². The fourth-order valence-electron chi connectivity index (χ4n) is 3.22. The van der Waals surface area contributed by atoms with Crippen LogP contribution in [0.4, 0.5) is 5.95 Å². The first-order valence-corrected chi connectivity index (χ1v) is 8.77. The predicted octanol–water partition coefficient (Wildman–Crippen LogP) is 0.768. The molecule has 0 radical (unpaired) electrons. The molecular formula is C15H18BrN5O5. The van der Waals surface area contributed by atoms with E-state index in [1.165, 1.54) is 13.8 Å². The molecule has 0 aromatic carbocycles. The van der Waals surface area contributed by atoms with Crippen LogP contribution in [0.25, 0.3) is 11.2 Å². The van der Waals surface area contributed by atoms with Crippen molar-refractivity contribution in [1.82, 2.24) is 19.5 Å². The Morgan fingerprint density at radius 3 is 2.58 bits per heavy atom. The van der Waals surface area contributed by atoms with Crippen molar-refractivity contribution < 1.29 is 19.1 Å². The van der Waals surface area contributed by atoms with Gasteiger partial charge in [-0.1, -0.05) is 0 Å². The van der Waals surface area contributed by atoms with E-state index in [-0.39, 0.29) is 48.5 Å². The summed E-state index contributed by atoms with van der Waals surface area (Å²) in [6.45, 7) is 3.07. The SMILES string of the molecule is CC(=O)OCC1CC(n2c(Br)nc3c(=O)[nH]c(N)nc32)C1COC(C)=O. The monoisotopic (exact) mass is 427 g/mol. The highest BCUT2D eigenvalue weighted by Gasteiger charge is 2.45. The molecule has 1 saturated carbocycles. The Kier molecular flexibility index (Phi) is 4.99. The van der Waals surface area contributed by atoms with E-state index < -0.39 is 11.5 Å². The predicted molar refractivity (Wildman–Crippen MR) is 94.2 cm³/mol. The third kappa shape index (κ3) is 3.43. The summed E-state index contributed by atoms with van der Waals surface area (Å²) in [4.78, 5) is 45.1. The molecule has 3 rings (SSSR count). The molecule has 2 aromatic heterocycles. The number of fused-ring (bicyclic) bond motifs is 1. The highest BCUT2D eigenvalue weighted by atomic mass is 79.9. The molecule has 0 bridgehead atoms. The zero-order valence-corrected chi connectivity index (χ0v) is 15.8. The van der Waals surface area contributed by atoms with Crippen LogP contribution in [0, 0.1) is 11.8 Å². The Morgan fingerprint density at radius 2 is 1.92 bits per heavy atom. The highest BCUT2D eigenvalue weighted by Crippen LogP contribution is 2.46. The molecule has 0 aliphatic heterocycles. The number of carbonyl (C=O) groups is 2. The van der Waals surface area contributed by atoms with E-state index in [9.17, 15) is 14.4 Å². The number of aromatic amines is 1. The number of esters is 2. The smallest absolute Gasteiger partial charge is 0.302 e. The molecule has 1 aliphatic rings. The average molecular weight is 428 g/mol. The van der Waals surface area contributed by atoms with Crippen molar-refractivity contribution in [3.05, 3.63) is 15.1 Å². The Morgan fingerprint density at radius 1 is 1.27 bits per heavy atom. The summed E-state index contributed by atoms with van der Waals surface area (Å²) in [6.07, 6.45) is 0.650. The molecule has 11 heteroatoms. The summed E-state index contributed by atoms with van der Waals surface area (Å²) in [5.74, 6) is -0.866. The van der Waals surface area contributed by atoms with E-state index in [0.717, 1.165) is 0 Å². The molecule has 0 saturated heterocycles. The minimum atomic E-state index is -0.431. The van der Waals surface area contributed by atoms with Crippen LogP contribution in [0.15, 0.2) is 9.53 Å². The number of nitrogens with two attached hydrogens (primary N) is 1. The van der Waals surface area contributed by atoms with Crippen molar-refractivity contribution in [2.24, 2.45) is 11.8 Å². The standard InChI is InChI=1S/C15H18BrN5O5/c1-6(22)25-4-8-3-10(9(8)5-26-7(2)23)21-12-11(18-14(21)16)13(24)20-15(17)19-12/h8-10H,3-5H2,1-2H3,(H3,17,19,20,24). The first kappa shape index (κ1) is 18.4. The highest BCUT2D eigenvalue weighted by molar-refractivity contribution is 9.10. The van der Waals surface area contributed by atoms with E-state index in [0.29, 0.717) is 16.8 Å². The number of hydrogen-bond donors (Lipinski definition) is 2.